The molecule has 0 aliphatic heterocycles. The minimum atomic E-state index is -5.60. The zero-order valence-corrected chi connectivity index (χ0v) is 24.6. The Morgan fingerprint density at radius 3 is 2.33 bits per heavy atom. The fourth-order valence-corrected chi connectivity index (χ4v) is 7.51. The first kappa shape index (κ1) is 31.1. The second-order valence-corrected chi connectivity index (χ2v) is 13.7. The molecule has 2 bridgehead atoms. The van der Waals surface area contributed by atoms with Crippen LogP contribution in [0.1, 0.15) is 62.2 Å². The SMILES string of the molecule is COc1cc(F)c(O[C@H]2CC[C@H](C)CC2)cc1C(=O)N[C@@H]1[C@@H]2CC[C@@H](C2)[C@@H]1C(=O)Nc1cccc(S(=O)(=O)C(F)(F)F)c1. The molecular formula is C30H34F4N2O6S. The van der Waals surface area contributed by atoms with Crippen LogP contribution in [0.25, 0.3) is 0 Å². The molecule has 43 heavy (non-hydrogen) atoms. The van der Waals surface area contributed by atoms with Crippen molar-refractivity contribution in [3.8, 4) is 11.5 Å². The summed E-state index contributed by atoms with van der Waals surface area (Å²) in [6.07, 6.45) is 5.49. The molecule has 2 aromatic carbocycles. The van der Waals surface area contributed by atoms with E-state index < -0.39 is 49.8 Å². The van der Waals surface area contributed by atoms with Gasteiger partial charge in [-0.05, 0) is 87.0 Å². The Morgan fingerprint density at radius 2 is 1.65 bits per heavy atom. The van der Waals surface area contributed by atoms with Crippen molar-refractivity contribution in [2.75, 3.05) is 12.4 Å². The van der Waals surface area contributed by atoms with Gasteiger partial charge in [-0.25, -0.2) is 12.8 Å². The van der Waals surface area contributed by atoms with Gasteiger partial charge in [0, 0.05) is 17.8 Å². The van der Waals surface area contributed by atoms with Crippen molar-refractivity contribution in [1.82, 2.24) is 5.32 Å². The quantitative estimate of drug-likeness (QED) is 0.355. The molecule has 0 heterocycles. The van der Waals surface area contributed by atoms with Crippen LogP contribution in [0.5, 0.6) is 11.5 Å². The summed E-state index contributed by atoms with van der Waals surface area (Å²) < 4.78 is 89.0. The number of ether oxygens (including phenoxy) is 2. The summed E-state index contributed by atoms with van der Waals surface area (Å²) in [5.74, 6) is -2.06. The van der Waals surface area contributed by atoms with Gasteiger partial charge in [0.25, 0.3) is 15.7 Å². The minimum absolute atomic E-state index is 0.00598. The summed E-state index contributed by atoms with van der Waals surface area (Å²) in [6, 6.07) is 5.79. The van der Waals surface area contributed by atoms with Gasteiger partial charge in [0.15, 0.2) is 11.6 Å². The highest BCUT2D eigenvalue weighted by Crippen LogP contribution is 2.49. The number of methoxy groups -OCH3 is 1. The summed E-state index contributed by atoms with van der Waals surface area (Å²) in [5, 5.41) is 5.47. The van der Waals surface area contributed by atoms with Gasteiger partial charge in [0.1, 0.15) is 5.75 Å². The van der Waals surface area contributed by atoms with E-state index in [1.54, 1.807) is 0 Å². The maximum atomic E-state index is 14.9. The Bertz CT molecular complexity index is 1490. The Labute approximate surface area is 247 Å². The highest BCUT2D eigenvalue weighted by atomic mass is 32.2. The zero-order valence-electron chi connectivity index (χ0n) is 23.7. The smallest absolute Gasteiger partial charge is 0.496 e. The number of rotatable bonds is 8. The Hall–Kier alpha value is -3.35. The molecule has 0 aromatic heterocycles. The van der Waals surface area contributed by atoms with E-state index in [4.69, 9.17) is 9.47 Å². The van der Waals surface area contributed by atoms with Crippen LogP contribution in [0.3, 0.4) is 0 Å². The van der Waals surface area contributed by atoms with Crippen LogP contribution in [0.2, 0.25) is 0 Å². The van der Waals surface area contributed by atoms with E-state index >= 15 is 0 Å². The van der Waals surface area contributed by atoms with Crippen LogP contribution in [-0.2, 0) is 14.6 Å². The molecule has 4 atom stereocenters. The molecule has 234 valence electrons. The average Bonchev–Trinajstić information content (AvgIpc) is 3.56. The number of hydrogen-bond acceptors (Lipinski definition) is 6. The molecule has 3 saturated carbocycles. The molecule has 0 unspecified atom stereocenters. The van der Waals surface area contributed by atoms with Gasteiger partial charge in [0.2, 0.25) is 5.91 Å². The van der Waals surface area contributed by atoms with Crippen molar-refractivity contribution in [3.05, 3.63) is 47.8 Å². The van der Waals surface area contributed by atoms with Crippen LogP contribution < -0.4 is 20.1 Å². The molecule has 2 aromatic rings. The average molecular weight is 627 g/mol. The van der Waals surface area contributed by atoms with E-state index in [0.29, 0.717) is 12.3 Å². The van der Waals surface area contributed by atoms with Crippen molar-refractivity contribution in [3.63, 3.8) is 0 Å². The van der Waals surface area contributed by atoms with Crippen molar-refractivity contribution >= 4 is 27.3 Å². The van der Waals surface area contributed by atoms with Gasteiger partial charge in [-0.1, -0.05) is 13.0 Å². The fourth-order valence-electron chi connectivity index (χ4n) is 6.70. The summed E-state index contributed by atoms with van der Waals surface area (Å²) in [5.41, 5.74) is -5.55. The maximum Gasteiger partial charge on any atom is 0.501 e. The number of benzene rings is 2. The van der Waals surface area contributed by atoms with E-state index in [1.165, 1.54) is 19.2 Å². The van der Waals surface area contributed by atoms with Crippen molar-refractivity contribution in [2.24, 2.45) is 23.7 Å². The Kier molecular flexibility index (Phi) is 8.65. The molecule has 2 amide bonds. The second-order valence-electron chi connectivity index (χ2n) is 11.8. The third kappa shape index (κ3) is 6.32. The highest BCUT2D eigenvalue weighted by molar-refractivity contribution is 7.92. The number of anilines is 1. The third-order valence-electron chi connectivity index (χ3n) is 8.99. The summed E-state index contributed by atoms with van der Waals surface area (Å²) in [7, 11) is -4.29. The van der Waals surface area contributed by atoms with Crippen LogP contribution in [0.15, 0.2) is 41.3 Å². The number of hydrogen-bond donors (Lipinski definition) is 2. The molecule has 3 aliphatic rings. The molecule has 0 spiro atoms. The van der Waals surface area contributed by atoms with Gasteiger partial charge in [-0.15, -0.1) is 0 Å². The minimum Gasteiger partial charge on any atom is -0.496 e. The van der Waals surface area contributed by atoms with Crippen LogP contribution >= 0.6 is 0 Å². The molecule has 3 aliphatic carbocycles. The summed E-state index contributed by atoms with van der Waals surface area (Å²) >= 11 is 0. The van der Waals surface area contributed by atoms with Crippen molar-refractivity contribution < 1.29 is 45.0 Å². The van der Waals surface area contributed by atoms with Crippen molar-refractivity contribution in [2.45, 2.75) is 74.4 Å². The lowest BCUT2D eigenvalue weighted by Crippen LogP contribution is -2.48. The van der Waals surface area contributed by atoms with Gasteiger partial charge >= 0.3 is 5.51 Å². The molecule has 3 fully saturated rings. The lowest BCUT2D eigenvalue weighted by molar-refractivity contribution is -0.122. The van der Waals surface area contributed by atoms with Crippen LogP contribution in [0, 0.1) is 29.5 Å². The van der Waals surface area contributed by atoms with E-state index in [0.717, 1.165) is 62.8 Å². The Balaban J connectivity index is 1.34. The van der Waals surface area contributed by atoms with Gasteiger partial charge in [0.05, 0.1) is 29.6 Å². The molecule has 0 radical (unpaired) electrons. The van der Waals surface area contributed by atoms with Gasteiger partial charge in [-0.3, -0.25) is 9.59 Å². The molecule has 0 saturated heterocycles. The molecule has 13 heteroatoms. The first-order valence-electron chi connectivity index (χ1n) is 14.4. The topological polar surface area (TPSA) is 111 Å². The highest BCUT2D eigenvalue weighted by Gasteiger charge is 2.52. The largest absolute Gasteiger partial charge is 0.501 e. The number of carbonyl (C=O) groups is 2. The number of sulfone groups is 1. The standard InChI is InChI=1S/C30H34F4N2O6S/c1-16-6-10-20(11-7-16)42-25-14-22(24(41-2)15-23(25)31)28(37)36-27-18-9-8-17(12-18)26(27)29(38)35-19-4-3-5-21(13-19)43(39,40)30(32,33)34/h3-5,13-18,20,26-27H,6-12H2,1-2H3,(H,35,38)(H,36,37)/t16-,17-,18+,20-,26-,27+/m0/s1. The fraction of sp³-hybridized carbons (Fsp3) is 0.533. The second kappa shape index (κ2) is 12.0. The number of alkyl halides is 3. The van der Waals surface area contributed by atoms with Gasteiger partial charge < -0.3 is 20.1 Å². The number of halogens is 4. The lowest BCUT2D eigenvalue weighted by Gasteiger charge is -2.31. The molecule has 2 N–H and O–H groups in total. The number of nitrogens with one attached hydrogen (secondary N) is 2. The Morgan fingerprint density at radius 1 is 0.953 bits per heavy atom. The predicted octanol–water partition coefficient (Wildman–Crippen LogP) is 5.87. The third-order valence-corrected chi connectivity index (χ3v) is 10.5. The lowest BCUT2D eigenvalue weighted by atomic mass is 9.83. The van der Waals surface area contributed by atoms with Crippen molar-refractivity contribution in [1.29, 1.82) is 0 Å². The summed E-state index contributed by atoms with van der Waals surface area (Å²) in [6.45, 7) is 2.16. The number of carbonyl (C=O) groups excluding carboxylic acids is 2. The first-order valence-corrected chi connectivity index (χ1v) is 15.8. The predicted molar refractivity (Wildman–Crippen MR) is 149 cm³/mol. The molecule has 5 rings (SSSR count). The zero-order chi connectivity index (χ0) is 31.1. The van der Waals surface area contributed by atoms with Crippen LogP contribution in [0.4, 0.5) is 23.2 Å². The number of fused-ring (bicyclic) bond motifs is 2. The summed E-state index contributed by atoms with van der Waals surface area (Å²) in [4.78, 5) is 26.0. The van der Waals surface area contributed by atoms with E-state index in [9.17, 15) is 35.6 Å². The molecule has 8 nitrogen and oxygen atoms in total. The number of amides is 2. The van der Waals surface area contributed by atoms with E-state index in [2.05, 4.69) is 17.6 Å². The first-order chi connectivity index (χ1) is 20.3. The van der Waals surface area contributed by atoms with Crippen LogP contribution in [-0.4, -0.2) is 45.0 Å². The maximum absolute atomic E-state index is 14.9. The van der Waals surface area contributed by atoms with E-state index in [-0.39, 0.29) is 40.7 Å². The molecular weight excluding hydrogens is 592 g/mol. The monoisotopic (exact) mass is 626 g/mol. The normalized spacial score (nSPS) is 27.0. The van der Waals surface area contributed by atoms with Gasteiger partial charge in [-0.2, -0.15) is 13.2 Å². The van der Waals surface area contributed by atoms with E-state index in [1.807, 2.05) is 0 Å².